The van der Waals surface area contributed by atoms with E-state index in [0.29, 0.717) is 0 Å². The monoisotopic (exact) mass is 209 g/mol. The third-order valence-corrected chi connectivity index (χ3v) is 2.10. The minimum atomic E-state index is -0.560. The predicted octanol–water partition coefficient (Wildman–Crippen LogP) is 0.363. The van der Waals surface area contributed by atoms with Crippen LogP contribution in [0.15, 0.2) is 18.3 Å². The van der Waals surface area contributed by atoms with Crippen molar-refractivity contribution >= 4 is 11.6 Å². The first kappa shape index (κ1) is 11.5. The Morgan fingerprint density at radius 2 is 2.47 bits per heavy atom. The Kier molecular flexibility index (Phi) is 4.05. The second-order valence-electron chi connectivity index (χ2n) is 3.23. The molecular formula is C10H15N3O2. The molecule has 1 atom stereocenters. The zero-order valence-corrected chi connectivity index (χ0v) is 8.60. The van der Waals surface area contributed by atoms with E-state index in [1.54, 1.807) is 12.1 Å². The molecule has 1 aromatic heterocycles. The van der Waals surface area contributed by atoms with E-state index in [2.05, 4.69) is 10.3 Å². The summed E-state index contributed by atoms with van der Waals surface area (Å²) in [6.07, 6.45) is 2.30. The van der Waals surface area contributed by atoms with Crippen molar-refractivity contribution in [1.29, 1.82) is 0 Å². The number of rotatable bonds is 5. The molecule has 0 aromatic carbocycles. The van der Waals surface area contributed by atoms with Gasteiger partial charge in [-0.15, -0.1) is 0 Å². The summed E-state index contributed by atoms with van der Waals surface area (Å²) in [6, 6.07) is 3.28. The number of nitrogens with two attached hydrogens (primary N) is 1. The number of anilines is 1. The number of nitrogens with zero attached hydrogens (tertiary/aromatic N) is 1. The Hall–Kier alpha value is -1.62. The van der Waals surface area contributed by atoms with Gasteiger partial charge in [-0.2, -0.15) is 0 Å². The van der Waals surface area contributed by atoms with Gasteiger partial charge >= 0.3 is 0 Å². The van der Waals surface area contributed by atoms with Gasteiger partial charge in [-0.25, -0.2) is 0 Å². The van der Waals surface area contributed by atoms with E-state index in [0.717, 1.165) is 12.1 Å². The molecule has 1 aromatic rings. The highest BCUT2D eigenvalue weighted by Gasteiger charge is 2.06. The van der Waals surface area contributed by atoms with E-state index in [4.69, 9.17) is 10.8 Å². The summed E-state index contributed by atoms with van der Waals surface area (Å²) in [6.45, 7) is 2.01. The molecule has 5 heteroatoms. The van der Waals surface area contributed by atoms with E-state index < -0.39 is 5.91 Å². The maximum Gasteiger partial charge on any atom is 0.267 e. The molecular weight excluding hydrogens is 194 g/mol. The number of nitrogens with one attached hydrogen (secondary N) is 1. The molecule has 0 aliphatic heterocycles. The van der Waals surface area contributed by atoms with Crippen LogP contribution >= 0.6 is 0 Å². The molecule has 0 saturated heterocycles. The van der Waals surface area contributed by atoms with Gasteiger partial charge in [-0.05, 0) is 18.6 Å². The van der Waals surface area contributed by atoms with Gasteiger partial charge < -0.3 is 16.2 Å². The molecule has 0 aliphatic carbocycles. The van der Waals surface area contributed by atoms with Crippen molar-refractivity contribution < 1.29 is 9.90 Å². The highest BCUT2D eigenvalue weighted by atomic mass is 16.3. The summed E-state index contributed by atoms with van der Waals surface area (Å²) >= 11 is 0. The molecule has 0 saturated carbocycles. The molecule has 0 spiro atoms. The van der Waals surface area contributed by atoms with Gasteiger partial charge in [0.15, 0.2) is 0 Å². The van der Waals surface area contributed by atoms with Crippen molar-refractivity contribution in [3.05, 3.63) is 24.0 Å². The highest BCUT2D eigenvalue weighted by Crippen LogP contribution is 2.10. The number of carbonyl (C=O) groups excluding carboxylic acids is 1. The van der Waals surface area contributed by atoms with E-state index in [9.17, 15) is 4.79 Å². The molecule has 1 amide bonds. The number of aliphatic hydroxyl groups excluding tert-OH is 1. The van der Waals surface area contributed by atoms with Crippen LogP contribution in [0.4, 0.5) is 5.69 Å². The Bertz CT molecular complexity index is 337. The standard InChI is InChI=1S/C10H15N3O2/c1-2-7(6-14)13-8-3-4-12-9(5-8)10(11)15/h3-5,7,14H,2,6H2,1H3,(H2,11,15)(H,12,13). The first-order chi connectivity index (χ1) is 7.17. The second kappa shape index (κ2) is 5.31. The Labute approximate surface area is 88.3 Å². The van der Waals surface area contributed by atoms with Crippen LogP contribution in [0.2, 0.25) is 0 Å². The largest absolute Gasteiger partial charge is 0.394 e. The smallest absolute Gasteiger partial charge is 0.267 e. The third-order valence-electron chi connectivity index (χ3n) is 2.10. The summed E-state index contributed by atoms with van der Waals surface area (Å²) in [7, 11) is 0. The minimum Gasteiger partial charge on any atom is -0.394 e. The van der Waals surface area contributed by atoms with Crippen molar-refractivity contribution in [2.75, 3.05) is 11.9 Å². The predicted molar refractivity (Wildman–Crippen MR) is 57.5 cm³/mol. The zero-order valence-electron chi connectivity index (χ0n) is 8.60. The molecule has 0 radical (unpaired) electrons. The molecule has 1 rings (SSSR count). The highest BCUT2D eigenvalue weighted by molar-refractivity contribution is 5.91. The second-order valence-corrected chi connectivity index (χ2v) is 3.23. The SMILES string of the molecule is CCC(CO)Nc1ccnc(C(N)=O)c1. The summed E-state index contributed by atoms with van der Waals surface area (Å²) in [5.41, 5.74) is 6.05. The van der Waals surface area contributed by atoms with Gasteiger partial charge in [-0.3, -0.25) is 9.78 Å². The van der Waals surface area contributed by atoms with Crippen molar-refractivity contribution in [1.82, 2.24) is 4.98 Å². The summed E-state index contributed by atoms with van der Waals surface area (Å²) in [5.74, 6) is -0.560. The maximum atomic E-state index is 10.9. The van der Waals surface area contributed by atoms with Crippen LogP contribution in [-0.2, 0) is 0 Å². The third kappa shape index (κ3) is 3.21. The fourth-order valence-corrected chi connectivity index (χ4v) is 1.17. The quantitative estimate of drug-likeness (QED) is 0.653. The number of primary amides is 1. The van der Waals surface area contributed by atoms with Crippen LogP contribution in [0.25, 0.3) is 0 Å². The summed E-state index contributed by atoms with van der Waals surface area (Å²) in [5, 5.41) is 12.1. The summed E-state index contributed by atoms with van der Waals surface area (Å²) in [4.78, 5) is 14.7. The Morgan fingerprint density at radius 1 is 1.73 bits per heavy atom. The fourth-order valence-electron chi connectivity index (χ4n) is 1.17. The number of aromatic nitrogens is 1. The van der Waals surface area contributed by atoms with Crippen molar-refractivity contribution in [2.24, 2.45) is 5.73 Å². The lowest BCUT2D eigenvalue weighted by molar-refractivity contribution is 0.0995. The van der Waals surface area contributed by atoms with Crippen molar-refractivity contribution in [3.8, 4) is 0 Å². The molecule has 0 aliphatic rings. The molecule has 1 heterocycles. The summed E-state index contributed by atoms with van der Waals surface area (Å²) < 4.78 is 0. The van der Waals surface area contributed by atoms with Gasteiger partial charge in [0.05, 0.1) is 6.61 Å². The van der Waals surface area contributed by atoms with E-state index in [-0.39, 0.29) is 18.3 Å². The fraction of sp³-hybridized carbons (Fsp3) is 0.400. The molecule has 1 unspecified atom stereocenters. The number of pyridine rings is 1. The van der Waals surface area contributed by atoms with Crippen LogP contribution in [-0.4, -0.2) is 28.6 Å². The topological polar surface area (TPSA) is 88.2 Å². The van der Waals surface area contributed by atoms with Crippen molar-refractivity contribution in [2.45, 2.75) is 19.4 Å². The van der Waals surface area contributed by atoms with Crippen LogP contribution in [0.1, 0.15) is 23.8 Å². The first-order valence-corrected chi connectivity index (χ1v) is 4.80. The lowest BCUT2D eigenvalue weighted by atomic mass is 10.2. The number of carbonyl (C=O) groups is 1. The van der Waals surface area contributed by atoms with Crippen LogP contribution in [0, 0.1) is 0 Å². The zero-order chi connectivity index (χ0) is 11.3. The molecule has 0 fully saturated rings. The minimum absolute atomic E-state index is 0.0203. The molecule has 4 N–H and O–H groups in total. The van der Waals surface area contributed by atoms with Crippen LogP contribution in [0.5, 0.6) is 0 Å². The molecule has 0 bridgehead atoms. The van der Waals surface area contributed by atoms with Crippen molar-refractivity contribution in [3.63, 3.8) is 0 Å². The molecule has 82 valence electrons. The Balaban J connectivity index is 2.77. The molecule has 5 nitrogen and oxygen atoms in total. The number of hydrogen-bond acceptors (Lipinski definition) is 4. The first-order valence-electron chi connectivity index (χ1n) is 4.80. The number of hydrogen-bond donors (Lipinski definition) is 3. The van der Waals surface area contributed by atoms with Gasteiger partial charge in [0.2, 0.25) is 0 Å². The number of aliphatic hydroxyl groups is 1. The average molecular weight is 209 g/mol. The van der Waals surface area contributed by atoms with Crippen LogP contribution in [0.3, 0.4) is 0 Å². The van der Waals surface area contributed by atoms with E-state index in [1.807, 2.05) is 6.92 Å². The van der Waals surface area contributed by atoms with Gasteiger partial charge in [-0.1, -0.05) is 6.92 Å². The van der Waals surface area contributed by atoms with E-state index >= 15 is 0 Å². The van der Waals surface area contributed by atoms with Gasteiger partial charge in [0.25, 0.3) is 5.91 Å². The Morgan fingerprint density at radius 3 is 3.00 bits per heavy atom. The van der Waals surface area contributed by atoms with Gasteiger partial charge in [0.1, 0.15) is 5.69 Å². The number of amides is 1. The lowest BCUT2D eigenvalue weighted by Crippen LogP contribution is -2.23. The van der Waals surface area contributed by atoms with Crippen LogP contribution < -0.4 is 11.1 Å². The maximum absolute atomic E-state index is 10.9. The van der Waals surface area contributed by atoms with E-state index in [1.165, 1.54) is 6.20 Å². The lowest BCUT2D eigenvalue weighted by Gasteiger charge is -2.15. The molecule has 15 heavy (non-hydrogen) atoms. The normalized spacial score (nSPS) is 12.1. The van der Waals surface area contributed by atoms with Gasteiger partial charge in [0, 0.05) is 17.9 Å². The average Bonchev–Trinajstić information content (AvgIpc) is 2.26.